The molecular formula is C12H17N2O14P3. The summed E-state index contributed by atoms with van der Waals surface area (Å²) in [6, 6.07) is 0.996. The zero-order valence-electron chi connectivity index (χ0n) is 15.4. The van der Waals surface area contributed by atoms with E-state index in [2.05, 4.69) is 25.0 Å². The lowest BCUT2D eigenvalue weighted by atomic mass is 10.1. The average Bonchev–Trinajstić information content (AvgIpc) is 2.86. The molecule has 1 aromatic heterocycles. The maximum absolute atomic E-state index is 12.1. The summed E-state index contributed by atoms with van der Waals surface area (Å²) in [6.45, 7) is 0.448. The lowest BCUT2D eigenvalue weighted by molar-refractivity contribution is -0.0825. The Morgan fingerprint density at radius 3 is 2.42 bits per heavy atom. The van der Waals surface area contributed by atoms with Crippen molar-refractivity contribution in [3.63, 3.8) is 0 Å². The second-order valence-electron chi connectivity index (χ2n) is 5.95. The van der Waals surface area contributed by atoms with E-state index in [-0.39, 0.29) is 6.42 Å². The third-order valence-corrected chi connectivity index (χ3v) is 7.42. The highest BCUT2D eigenvalue weighted by atomic mass is 31.3. The van der Waals surface area contributed by atoms with Crippen molar-refractivity contribution in [2.24, 2.45) is 0 Å². The number of nitrogens with zero attached hydrogens (tertiary/aromatic N) is 1. The van der Waals surface area contributed by atoms with Crippen molar-refractivity contribution in [2.45, 2.75) is 31.3 Å². The molecule has 0 saturated carbocycles. The molecule has 0 radical (unpaired) electrons. The van der Waals surface area contributed by atoms with Gasteiger partial charge in [0.1, 0.15) is 6.10 Å². The Bertz CT molecular complexity index is 1140. The van der Waals surface area contributed by atoms with Crippen molar-refractivity contribution in [1.29, 1.82) is 0 Å². The van der Waals surface area contributed by atoms with E-state index < -0.39 is 59.3 Å². The van der Waals surface area contributed by atoms with Crippen LogP contribution in [0.4, 0.5) is 0 Å². The molecule has 1 aliphatic heterocycles. The first-order chi connectivity index (χ1) is 14.1. The quantitative estimate of drug-likeness (QED) is 0.177. The maximum Gasteiger partial charge on any atom is 0.490 e. The van der Waals surface area contributed by atoms with Crippen LogP contribution in [0, 0.1) is 11.8 Å². The first-order valence-corrected chi connectivity index (χ1v) is 12.5. The van der Waals surface area contributed by atoms with Gasteiger partial charge in [-0.05, 0) is 12.8 Å². The van der Waals surface area contributed by atoms with E-state index in [9.17, 15) is 33.3 Å². The van der Waals surface area contributed by atoms with Crippen molar-refractivity contribution in [1.82, 2.24) is 9.55 Å². The highest BCUT2D eigenvalue weighted by Gasteiger charge is 2.49. The summed E-state index contributed by atoms with van der Waals surface area (Å²) in [5.74, 6) is 5.04. The fourth-order valence-corrected chi connectivity index (χ4v) is 5.63. The van der Waals surface area contributed by atoms with Gasteiger partial charge < -0.3 is 29.4 Å². The van der Waals surface area contributed by atoms with Crippen LogP contribution in [-0.4, -0.2) is 53.0 Å². The molecule has 16 nitrogen and oxygen atoms in total. The van der Waals surface area contributed by atoms with Gasteiger partial charge in [0.05, 0.1) is 12.7 Å². The molecule has 0 aromatic carbocycles. The van der Waals surface area contributed by atoms with Gasteiger partial charge in [0, 0.05) is 18.7 Å². The number of ether oxygens (including phenoxy) is 1. The van der Waals surface area contributed by atoms with Gasteiger partial charge in [-0.2, -0.15) is 8.62 Å². The van der Waals surface area contributed by atoms with Crippen molar-refractivity contribution in [3.05, 3.63) is 33.1 Å². The van der Waals surface area contributed by atoms with Crippen molar-refractivity contribution in [2.75, 3.05) is 6.61 Å². The molecule has 31 heavy (non-hydrogen) atoms. The third kappa shape index (κ3) is 7.03. The summed E-state index contributed by atoms with van der Waals surface area (Å²) in [4.78, 5) is 61.0. The maximum atomic E-state index is 12.1. The molecular weight excluding hydrogens is 489 g/mol. The lowest BCUT2D eigenvalue weighted by Crippen LogP contribution is -2.43. The van der Waals surface area contributed by atoms with Crippen LogP contribution in [0.5, 0.6) is 0 Å². The van der Waals surface area contributed by atoms with Crippen LogP contribution in [-0.2, 0) is 37.3 Å². The molecule has 1 aromatic rings. The number of aromatic amines is 1. The number of nitrogens with one attached hydrogen (secondary N) is 1. The lowest BCUT2D eigenvalue weighted by Gasteiger charge is -2.25. The highest BCUT2D eigenvalue weighted by Crippen LogP contribution is 2.66. The number of phosphoric ester groups is 1. The van der Waals surface area contributed by atoms with Gasteiger partial charge in [0.25, 0.3) is 5.56 Å². The van der Waals surface area contributed by atoms with Gasteiger partial charge in [-0.25, -0.2) is 18.5 Å². The zero-order chi connectivity index (χ0) is 23.7. The summed E-state index contributed by atoms with van der Waals surface area (Å²) in [5, 5.41) is 10.2. The number of rotatable bonds is 8. The number of aliphatic hydroxyl groups excluding tert-OH is 1. The largest absolute Gasteiger partial charge is 0.490 e. The Morgan fingerprint density at radius 2 is 1.87 bits per heavy atom. The van der Waals surface area contributed by atoms with Crippen LogP contribution in [0.15, 0.2) is 21.9 Å². The normalized spacial score (nSPS) is 27.7. The van der Waals surface area contributed by atoms with Crippen molar-refractivity contribution < 1.29 is 56.3 Å². The molecule has 2 unspecified atom stereocenters. The molecule has 0 bridgehead atoms. The predicted molar refractivity (Wildman–Crippen MR) is 98.1 cm³/mol. The fourth-order valence-electron chi connectivity index (χ4n) is 2.60. The smallest absolute Gasteiger partial charge is 0.390 e. The molecule has 0 aliphatic carbocycles. The van der Waals surface area contributed by atoms with Crippen LogP contribution >= 0.6 is 23.5 Å². The van der Waals surface area contributed by atoms with Crippen LogP contribution in [0.1, 0.15) is 13.3 Å². The van der Waals surface area contributed by atoms with Crippen LogP contribution in [0.25, 0.3) is 0 Å². The zero-order valence-corrected chi connectivity index (χ0v) is 18.1. The molecule has 1 fully saturated rings. The molecule has 2 heterocycles. The monoisotopic (exact) mass is 506 g/mol. The van der Waals surface area contributed by atoms with E-state index in [0.29, 0.717) is 0 Å². The second-order valence-corrected chi connectivity index (χ2v) is 10.4. The number of aromatic nitrogens is 2. The molecule has 6 N–H and O–H groups in total. The van der Waals surface area contributed by atoms with Gasteiger partial charge >= 0.3 is 29.2 Å². The molecule has 2 rings (SSSR count). The van der Waals surface area contributed by atoms with Gasteiger partial charge in [-0.1, -0.05) is 0 Å². The Labute approximate surface area is 172 Å². The van der Waals surface area contributed by atoms with Gasteiger partial charge in [-0.15, -0.1) is 5.92 Å². The first-order valence-electron chi connectivity index (χ1n) is 7.99. The van der Waals surface area contributed by atoms with Gasteiger partial charge in [0.2, 0.25) is 5.72 Å². The van der Waals surface area contributed by atoms with E-state index in [1.807, 2.05) is 4.98 Å². The fraction of sp³-hybridized carbons (Fsp3) is 0.500. The Kier molecular flexibility index (Phi) is 7.67. The standard InChI is InChI=1S/C12H17N2O14P3/c1-2-4-12(14-5-3-10(16)13-11(14)17)6-8(15)9(26-12)7-25-30(21,22)28-31(23,24)27-29(18,19)20/h3,5,8-9,15H,6-7H2,1H3,(H,21,22)(H,23,24)(H,13,16,17)(H2,18,19,20)/t8-,9+,12+/m0/s1. The van der Waals surface area contributed by atoms with Crippen molar-refractivity contribution >= 4 is 23.5 Å². The number of aliphatic hydroxyl groups is 1. The number of hydrogen-bond acceptors (Lipinski definition) is 10. The van der Waals surface area contributed by atoms with E-state index in [1.165, 1.54) is 6.92 Å². The summed E-state index contributed by atoms with van der Waals surface area (Å²) in [7, 11) is -16.7. The van der Waals surface area contributed by atoms with Gasteiger partial charge in [-0.3, -0.25) is 18.9 Å². The van der Waals surface area contributed by atoms with E-state index in [0.717, 1.165) is 16.8 Å². The molecule has 1 aliphatic rings. The minimum atomic E-state index is -5.71. The van der Waals surface area contributed by atoms with E-state index >= 15 is 0 Å². The number of phosphoric acid groups is 3. The third-order valence-electron chi connectivity index (χ3n) is 3.61. The minimum Gasteiger partial charge on any atom is -0.390 e. The molecule has 1 saturated heterocycles. The summed E-state index contributed by atoms with van der Waals surface area (Å²) < 4.78 is 51.7. The predicted octanol–water partition coefficient (Wildman–Crippen LogP) is -1.29. The van der Waals surface area contributed by atoms with Gasteiger partial charge in [0.15, 0.2) is 0 Å². The summed E-state index contributed by atoms with van der Waals surface area (Å²) in [6.07, 6.45) is -2.15. The summed E-state index contributed by atoms with van der Waals surface area (Å²) in [5.41, 5.74) is -3.42. The molecule has 174 valence electrons. The molecule has 0 spiro atoms. The Morgan fingerprint density at radius 1 is 1.23 bits per heavy atom. The molecule has 19 heteroatoms. The summed E-state index contributed by atoms with van der Waals surface area (Å²) >= 11 is 0. The number of hydrogen-bond donors (Lipinski definition) is 6. The van der Waals surface area contributed by atoms with Crippen LogP contribution in [0.3, 0.4) is 0 Å². The second kappa shape index (κ2) is 9.21. The van der Waals surface area contributed by atoms with Crippen LogP contribution in [0.2, 0.25) is 0 Å². The Balaban J connectivity index is 2.18. The minimum absolute atomic E-state index is 0.343. The number of H-pyrrole nitrogens is 1. The van der Waals surface area contributed by atoms with E-state index in [1.54, 1.807) is 0 Å². The molecule has 5 atom stereocenters. The average molecular weight is 506 g/mol. The van der Waals surface area contributed by atoms with Crippen molar-refractivity contribution in [3.8, 4) is 11.8 Å². The Hall–Kier alpha value is -1.43. The first kappa shape index (κ1) is 25.8. The molecule has 0 amide bonds. The SMILES string of the molecule is CC#C[C@]1(n2ccc(=O)[nH]c2=O)C[C@H](O)[C@@H](COP(=O)(O)OP(=O)(O)OP(=O)(O)O)O1. The van der Waals surface area contributed by atoms with Crippen LogP contribution < -0.4 is 11.2 Å². The topological polar surface area (TPSA) is 244 Å². The highest BCUT2D eigenvalue weighted by molar-refractivity contribution is 7.66. The van der Waals surface area contributed by atoms with E-state index in [4.69, 9.17) is 19.4 Å².